The number of carbonyl (C=O) groups excluding carboxylic acids is 1. The Labute approximate surface area is 154 Å². The molecule has 0 spiro atoms. The van der Waals surface area contributed by atoms with Gasteiger partial charge in [0.1, 0.15) is 0 Å². The maximum absolute atomic E-state index is 13.1. The quantitative estimate of drug-likeness (QED) is 0.782. The van der Waals surface area contributed by atoms with E-state index in [1.54, 1.807) is 6.07 Å². The third kappa shape index (κ3) is 3.68. The fourth-order valence-corrected chi connectivity index (χ4v) is 3.85. The number of fused-ring (bicyclic) bond motifs is 3. The summed E-state index contributed by atoms with van der Waals surface area (Å²) in [6, 6.07) is 5.61. The Morgan fingerprint density at radius 2 is 1.96 bits per heavy atom. The van der Waals surface area contributed by atoms with E-state index in [0.29, 0.717) is 5.56 Å². The van der Waals surface area contributed by atoms with Crippen LogP contribution in [0.2, 0.25) is 0 Å². The Balaban J connectivity index is 2.17. The maximum Gasteiger partial charge on any atom is 0.254 e. The number of aromatic nitrogens is 1. The van der Waals surface area contributed by atoms with Gasteiger partial charge in [-0.3, -0.25) is 9.59 Å². The van der Waals surface area contributed by atoms with Crippen LogP contribution in [0.5, 0.6) is 0 Å². The summed E-state index contributed by atoms with van der Waals surface area (Å²) in [5.41, 5.74) is 3.74. The van der Waals surface area contributed by atoms with Crippen molar-refractivity contribution in [3.63, 3.8) is 0 Å². The zero-order chi connectivity index (χ0) is 18.5. The predicted molar refractivity (Wildman–Crippen MR) is 104 cm³/mol. The van der Waals surface area contributed by atoms with Crippen LogP contribution in [-0.2, 0) is 19.4 Å². The van der Waals surface area contributed by atoms with Gasteiger partial charge in [-0.2, -0.15) is 0 Å². The summed E-state index contributed by atoms with van der Waals surface area (Å²) in [5, 5.41) is 12.7. The molecular weight excluding hydrogens is 328 g/mol. The highest BCUT2D eigenvalue weighted by molar-refractivity contribution is 5.98. The van der Waals surface area contributed by atoms with Crippen molar-refractivity contribution in [2.75, 3.05) is 13.2 Å². The van der Waals surface area contributed by atoms with Crippen LogP contribution in [0.1, 0.15) is 60.5 Å². The fraction of sp³-hybridized carbons (Fsp3) is 0.524. The summed E-state index contributed by atoms with van der Waals surface area (Å²) < 4.78 is 1.90. The van der Waals surface area contributed by atoms with Crippen molar-refractivity contribution in [1.82, 2.24) is 9.88 Å². The van der Waals surface area contributed by atoms with Crippen molar-refractivity contribution in [2.24, 2.45) is 0 Å². The highest BCUT2D eigenvalue weighted by atomic mass is 16.3. The summed E-state index contributed by atoms with van der Waals surface area (Å²) in [6.07, 6.45) is 7.01. The first kappa shape index (κ1) is 18.6. The van der Waals surface area contributed by atoms with Gasteiger partial charge in [0.05, 0.1) is 12.1 Å². The lowest BCUT2D eigenvalue weighted by Crippen LogP contribution is -2.28. The summed E-state index contributed by atoms with van der Waals surface area (Å²) in [7, 11) is 0. The molecule has 0 saturated carbocycles. The number of nitrogens with zero attached hydrogens (tertiary/aromatic N) is 1. The molecule has 1 aromatic carbocycles. The number of hydrogen-bond donors (Lipinski definition) is 2. The molecule has 0 unspecified atom stereocenters. The van der Waals surface area contributed by atoms with Crippen molar-refractivity contribution in [3.05, 3.63) is 45.2 Å². The summed E-state index contributed by atoms with van der Waals surface area (Å²) in [4.78, 5) is 25.4. The molecule has 0 saturated heterocycles. The molecule has 1 aliphatic carbocycles. The van der Waals surface area contributed by atoms with Gasteiger partial charge in [0.2, 0.25) is 0 Å². The first-order valence-electron chi connectivity index (χ1n) is 9.74. The molecule has 2 aromatic rings. The number of pyridine rings is 1. The van der Waals surface area contributed by atoms with Gasteiger partial charge < -0.3 is 15.0 Å². The standard InChI is InChI=1S/C21H28N2O3/c1-2-3-12-23-19-10-9-15(20(25)22-11-13-24)14-18(19)16-7-5-4-6-8-17(16)21(23)26/h9-10,14,24H,2-8,11-13H2,1H3,(H,22,25). The number of aryl methyl sites for hydroxylation is 2. The van der Waals surface area contributed by atoms with Crippen molar-refractivity contribution < 1.29 is 9.90 Å². The number of hydrogen-bond acceptors (Lipinski definition) is 3. The van der Waals surface area contributed by atoms with Gasteiger partial charge in [0.15, 0.2) is 0 Å². The molecule has 0 aliphatic heterocycles. The molecule has 0 fully saturated rings. The van der Waals surface area contributed by atoms with E-state index < -0.39 is 0 Å². The molecule has 3 rings (SSSR count). The molecule has 0 bridgehead atoms. The van der Waals surface area contributed by atoms with Crippen LogP contribution in [-0.4, -0.2) is 28.7 Å². The number of benzene rings is 1. The van der Waals surface area contributed by atoms with E-state index >= 15 is 0 Å². The smallest absolute Gasteiger partial charge is 0.254 e. The lowest BCUT2D eigenvalue weighted by molar-refractivity contribution is 0.0945. The molecule has 140 valence electrons. The number of unbranched alkanes of at least 4 members (excludes halogenated alkanes) is 1. The number of amides is 1. The van der Waals surface area contributed by atoms with Gasteiger partial charge in [-0.25, -0.2) is 0 Å². The second-order valence-corrected chi connectivity index (χ2v) is 7.04. The molecule has 1 amide bonds. The number of rotatable bonds is 6. The summed E-state index contributed by atoms with van der Waals surface area (Å²) in [5.74, 6) is -0.186. The Morgan fingerprint density at radius 1 is 1.19 bits per heavy atom. The first-order chi connectivity index (χ1) is 12.7. The molecule has 0 radical (unpaired) electrons. The van der Waals surface area contributed by atoms with Crippen LogP contribution in [0.25, 0.3) is 10.9 Å². The molecule has 0 atom stereocenters. The van der Waals surface area contributed by atoms with Crippen molar-refractivity contribution >= 4 is 16.8 Å². The minimum absolute atomic E-state index is 0.0781. The third-order valence-electron chi connectivity index (χ3n) is 5.23. The molecule has 1 heterocycles. The van der Waals surface area contributed by atoms with E-state index in [-0.39, 0.29) is 24.6 Å². The van der Waals surface area contributed by atoms with E-state index in [1.165, 1.54) is 0 Å². The van der Waals surface area contributed by atoms with Crippen LogP contribution in [0.4, 0.5) is 0 Å². The second-order valence-electron chi connectivity index (χ2n) is 7.04. The largest absolute Gasteiger partial charge is 0.395 e. The maximum atomic E-state index is 13.1. The van der Waals surface area contributed by atoms with Gasteiger partial charge in [-0.1, -0.05) is 19.8 Å². The molecule has 26 heavy (non-hydrogen) atoms. The molecule has 5 heteroatoms. The highest BCUT2D eigenvalue weighted by Gasteiger charge is 2.19. The SMILES string of the molecule is CCCCn1c(=O)c2c(c3cc(C(=O)NCCO)ccc31)CCCCC2. The van der Waals surface area contributed by atoms with E-state index in [4.69, 9.17) is 5.11 Å². The van der Waals surface area contributed by atoms with Crippen molar-refractivity contribution in [3.8, 4) is 0 Å². The van der Waals surface area contributed by atoms with Crippen LogP contribution < -0.4 is 10.9 Å². The Kier molecular flexibility index (Phi) is 6.09. The zero-order valence-electron chi connectivity index (χ0n) is 15.5. The van der Waals surface area contributed by atoms with E-state index in [9.17, 15) is 9.59 Å². The van der Waals surface area contributed by atoms with Gasteiger partial charge in [-0.05, 0) is 55.9 Å². The van der Waals surface area contributed by atoms with Crippen molar-refractivity contribution in [1.29, 1.82) is 0 Å². The topological polar surface area (TPSA) is 71.3 Å². The van der Waals surface area contributed by atoms with Crippen molar-refractivity contribution in [2.45, 2.75) is 58.4 Å². The average molecular weight is 356 g/mol. The molecule has 2 N–H and O–H groups in total. The summed E-state index contributed by atoms with van der Waals surface area (Å²) in [6.45, 7) is 3.01. The Morgan fingerprint density at radius 3 is 2.69 bits per heavy atom. The third-order valence-corrected chi connectivity index (χ3v) is 5.23. The minimum atomic E-state index is -0.186. The first-order valence-corrected chi connectivity index (χ1v) is 9.74. The lowest BCUT2D eigenvalue weighted by atomic mass is 9.97. The number of carbonyl (C=O) groups is 1. The molecule has 5 nitrogen and oxygen atoms in total. The highest BCUT2D eigenvalue weighted by Crippen LogP contribution is 2.27. The monoisotopic (exact) mass is 356 g/mol. The predicted octanol–water partition coefficient (Wildman–Crippen LogP) is 2.79. The van der Waals surface area contributed by atoms with Gasteiger partial charge in [0.25, 0.3) is 11.5 Å². The number of aliphatic hydroxyl groups is 1. The Bertz CT molecular complexity index is 854. The molecule has 1 aliphatic rings. The fourth-order valence-electron chi connectivity index (χ4n) is 3.85. The number of aliphatic hydroxyl groups excluding tert-OH is 1. The number of nitrogens with one attached hydrogen (secondary N) is 1. The van der Waals surface area contributed by atoms with Crippen LogP contribution in [0.3, 0.4) is 0 Å². The Hall–Kier alpha value is -2.14. The molecule has 1 aromatic heterocycles. The van der Waals surface area contributed by atoms with E-state index in [1.807, 2.05) is 16.7 Å². The lowest BCUT2D eigenvalue weighted by Gasteiger charge is -2.17. The minimum Gasteiger partial charge on any atom is -0.395 e. The zero-order valence-corrected chi connectivity index (χ0v) is 15.5. The van der Waals surface area contributed by atoms with Gasteiger partial charge in [-0.15, -0.1) is 0 Å². The van der Waals surface area contributed by atoms with Gasteiger partial charge >= 0.3 is 0 Å². The van der Waals surface area contributed by atoms with Crippen LogP contribution in [0, 0.1) is 0 Å². The van der Waals surface area contributed by atoms with Crippen LogP contribution >= 0.6 is 0 Å². The second kappa shape index (κ2) is 8.49. The van der Waals surface area contributed by atoms with E-state index in [0.717, 1.165) is 73.5 Å². The normalized spacial score (nSPS) is 14.1. The molecular formula is C21H28N2O3. The average Bonchev–Trinajstić information content (AvgIpc) is 2.92. The van der Waals surface area contributed by atoms with Gasteiger partial charge in [0, 0.05) is 29.6 Å². The van der Waals surface area contributed by atoms with E-state index in [2.05, 4.69) is 12.2 Å². The van der Waals surface area contributed by atoms with Crippen LogP contribution in [0.15, 0.2) is 23.0 Å². The summed E-state index contributed by atoms with van der Waals surface area (Å²) >= 11 is 0.